The number of imidazole rings is 2. The number of benzene rings is 8. The van der Waals surface area contributed by atoms with Crippen molar-refractivity contribution in [3.8, 4) is 17.1 Å². The average Bonchev–Trinajstić information content (AvgIpc) is 3.77. The topological polar surface area (TPSA) is 37.9 Å². The molecule has 0 saturated carbocycles. The van der Waals surface area contributed by atoms with E-state index < -0.39 is 0 Å². The van der Waals surface area contributed by atoms with Gasteiger partial charge in [-0.25, -0.2) is 0 Å². The fraction of sp³-hybridized carbons (Fsp3) is 0.0357. The van der Waals surface area contributed by atoms with Crippen molar-refractivity contribution < 1.29 is 35.3 Å². The Morgan fingerprint density at radius 2 is 0.790 bits per heavy atom. The van der Waals surface area contributed by atoms with Crippen molar-refractivity contribution in [1.29, 1.82) is 0 Å². The van der Waals surface area contributed by atoms with Crippen LogP contribution in [0.2, 0.25) is 0 Å². The summed E-state index contributed by atoms with van der Waals surface area (Å²) in [6, 6.07) is 64.3. The zero-order valence-corrected chi connectivity index (χ0v) is 36.1. The summed E-state index contributed by atoms with van der Waals surface area (Å²) >= 11 is 0. The van der Waals surface area contributed by atoms with E-state index in [2.05, 4.69) is 191 Å². The van der Waals surface area contributed by atoms with Gasteiger partial charge in [0.2, 0.25) is 6.33 Å². The first-order valence-electron chi connectivity index (χ1n) is 20.6. The maximum atomic E-state index is 12.0. The van der Waals surface area contributed by atoms with E-state index in [1.165, 1.54) is 0 Å². The van der Waals surface area contributed by atoms with Gasteiger partial charge < -0.3 is 14.2 Å². The minimum atomic E-state index is 0. The fourth-order valence-corrected chi connectivity index (χ4v) is 9.64. The van der Waals surface area contributed by atoms with Crippen molar-refractivity contribution >= 4 is 45.6 Å². The van der Waals surface area contributed by atoms with Crippen LogP contribution in [0.1, 0.15) is 0 Å². The van der Waals surface area contributed by atoms with Crippen LogP contribution in [0.3, 0.4) is 0 Å². The molecule has 0 spiro atoms. The molecule has 8 aromatic carbocycles. The Labute approximate surface area is 370 Å². The molecular weight excluding hydrogens is 940 g/mol. The third-order valence-electron chi connectivity index (χ3n) is 12.5. The van der Waals surface area contributed by atoms with Crippen molar-refractivity contribution in [2.45, 2.75) is 0 Å². The van der Waals surface area contributed by atoms with E-state index in [0.717, 1.165) is 107 Å². The second kappa shape index (κ2) is 14.7. The van der Waals surface area contributed by atoms with Crippen LogP contribution >= 0.6 is 0 Å². The van der Waals surface area contributed by atoms with E-state index in [0.29, 0.717) is 0 Å². The summed E-state index contributed by atoms with van der Waals surface area (Å²) in [6.45, 7) is 0. The normalized spacial score (nSPS) is 17.6. The molecule has 0 unspecified atom stereocenters. The zero-order valence-electron chi connectivity index (χ0n) is 33.9. The number of hydrogen-bond acceptors (Lipinski definition) is 1. The predicted molar refractivity (Wildman–Crippen MR) is 238 cm³/mol. The number of hydrogen-bond donors (Lipinski definition) is 1. The van der Waals surface area contributed by atoms with Gasteiger partial charge in [-0.15, -0.1) is 45.8 Å². The van der Waals surface area contributed by atoms with E-state index in [1.54, 1.807) is 0 Å². The number of aryl methyl sites for hydroxylation is 2. The third-order valence-corrected chi connectivity index (χ3v) is 12.5. The number of rotatable bonds is 3. The van der Waals surface area contributed by atoms with E-state index in [4.69, 9.17) is 0 Å². The Hall–Kier alpha value is -7.33. The average molecular weight is 977 g/mol. The number of nitrogens with zero attached hydrogens (tertiary/aromatic N) is 4. The van der Waals surface area contributed by atoms with Gasteiger partial charge in [0, 0.05) is 21.1 Å². The summed E-state index contributed by atoms with van der Waals surface area (Å²) in [6.07, 6.45) is 11.8. The van der Waals surface area contributed by atoms with Gasteiger partial charge in [-0.1, -0.05) is 189 Å². The Kier molecular flexibility index (Phi) is 8.92. The molecule has 2 heterocycles. The first-order valence-corrected chi connectivity index (χ1v) is 20.6. The molecule has 2 aliphatic rings. The van der Waals surface area contributed by atoms with Crippen LogP contribution in [0.4, 0.5) is 0 Å². The standard InChI is InChI=1S/C56H36N4O.Pt/c1-57-35-59(52-31-13-11-29-50(52)57)54-33-48-42(38-19-5-3-17-36(38)40-21-7-9-23-46(40)54)25-15-27-44(48)45-28-16-26-43-39-20-6-4-18-37(39)41-22-8-10-24-47(41)55(34-49(43)45)60-53-32-14-12-30-51(53)58(2)56(60)61;/h3-32H,1-2H3;/q-2;/p+1/b40-36-,41-37-,42-38-,43-39-,54-46+,55-47+;. The Morgan fingerprint density at radius 1 is 0.403 bits per heavy atom. The number of aromatic nitrogens is 4. The molecule has 10 aromatic rings. The summed E-state index contributed by atoms with van der Waals surface area (Å²) in [7, 11) is 3.95. The summed E-state index contributed by atoms with van der Waals surface area (Å²) in [5, 5.41) is 24.8. The third kappa shape index (κ3) is 5.58. The molecule has 0 aliphatic heterocycles. The van der Waals surface area contributed by atoms with Crippen LogP contribution in [-0.4, -0.2) is 14.2 Å². The van der Waals surface area contributed by atoms with Gasteiger partial charge >= 0.3 is 6.01 Å². The summed E-state index contributed by atoms with van der Waals surface area (Å²) in [5.74, 6) is 0. The molecule has 0 atom stereocenters. The van der Waals surface area contributed by atoms with E-state index in [-0.39, 0.29) is 27.1 Å². The number of aromatic hydroxyl groups is 1. The first kappa shape index (κ1) is 37.7. The van der Waals surface area contributed by atoms with Crippen molar-refractivity contribution in [3.63, 3.8) is 0 Å². The quantitative estimate of drug-likeness (QED) is 0.166. The Bertz CT molecular complexity index is 4230. The largest absolute Gasteiger partial charge is 0.458 e. The molecule has 0 radical (unpaired) electrons. The smallest absolute Gasteiger partial charge is 0.446 e. The minimum absolute atomic E-state index is 0. The predicted octanol–water partition coefficient (Wildman–Crippen LogP) is 6.22. The summed E-state index contributed by atoms with van der Waals surface area (Å²) in [5.41, 5.74) is 7.62. The van der Waals surface area contributed by atoms with Crippen LogP contribution in [0.15, 0.2) is 182 Å². The Balaban J connectivity index is 0.00000432. The minimum Gasteiger partial charge on any atom is -0.446 e. The molecule has 298 valence electrons. The molecule has 0 amide bonds. The second-order valence-corrected chi connectivity index (χ2v) is 15.8. The van der Waals surface area contributed by atoms with Gasteiger partial charge in [0.1, 0.15) is 0 Å². The SMILES string of the molecule is Cn1[c-][n+](C2=c3\cccc\c3=c3/cccc/c3=c3\cccc(-c4cccc5/c4=[C-]\C([n+]4c(O)n(C)c6ccccc64)=c4\cccc\c4=c4/cccc/c4=5)\c3=[C-]\2)c2ccccc21.[Pt]. The van der Waals surface area contributed by atoms with Crippen molar-refractivity contribution in [2.24, 2.45) is 14.1 Å². The number of fused-ring (bicyclic) bond motifs is 8. The van der Waals surface area contributed by atoms with Crippen LogP contribution in [-0.2, 0) is 35.2 Å². The first-order chi connectivity index (χ1) is 30.0. The molecule has 6 heteroatoms. The Morgan fingerprint density at radius 3 is 1.34 bits per heavy atom. The summed E-state index contributed by atoms with van der Waals surface area (Å²) in [4.78, 5) is 0. The van der Waals surface area contributed by atoms with Crippen molar-refractivity contribution in [3.05, 3.63) is 251 Å². The summed E-state index contributed by atoms with van der Waals surface area (Å²) < 4.78 is 8.01. The maximum absolute atomic E-state index is 12.0. The molecular formula is C56H37N4OPt-. The van der Waals surface area contributed by atoms with E-state index in [1.807, 2.05) is 41.4 Å². The van der Waals surface area contributed by atoms with Gasteiger partial charge in [0.25, 0.3) is 0 Å². The van der Waals surface area contributed by atoms with Crippen LogP contribution in [0.5, 0.6) is 6.01 Å². The van der Waals surface area contributed by atoms with Crippen molar-refractivity contribution in [2.75, 3.05) is 0 Å². The fourth-order valence-electron chi connectivity index (χ4n) is 9.64. The van der Waals surface area contributed by atoms with Crippen LogP contribution in [0.25, 0.3) is 56.7 Å². The maximum Gasteiger partial charge on any atom is 0.458 e. The van der Waals surface area contributed by atoms with Gasteiger partial charge in [-0.05, 0) is 38.7 Å². The molecule has 2 aliphatic carbocycles. The monoisotopic (exact) mass is 976 g/mol. The molecule has 0 bridgehead atoms. The van der Waals surface area contributed by atoms with Crippen molar-refractivity contribution in [1.82, 2.24) is 9.13 Å². The van der Waals surface area contributed by atoms with Crippen LogP contribution < -0.4 is 30.0 Å². The molecule has 5 nitrogen and oxygen atoms in total. The number of para-hydroxylation sites is 4. The zero-order chi connectivity index (χ0) is 40.8. The van der Waals surface area contributed by atoms with Gasteiger partial charge in [0.05, 0.1) is 30.8 Å². The molecule has 0 fully saturated rings. The molecule has 1 N–H and O–H groups in total. The van der Waals surface area contributed by atoms with E-state index >= 15 is 0 Å². The molecule has 12 rings (SSSR count). The molecule has 0 saturated heterocycles. The molecule has 2 aromatic heterocycles. The van der Waals surface area contributed by atoms with E-state index in [9.17, 15) is 5.11 Å². The molecule has 62 heavy (non-hydrogen) atoms. The van der Waals surface area contributed by atoms with Gasteiger partial charge in [0.15, 0.2) is 11.0 Å². The van der Waals surface area contributed by atoms with Crippen LogP contribution in [0, 0.1) is 48.1 Å². The van der Waals surface area contributed by atoms with Gasteiger partial charge in [-0.3, -0.25) is 0 Å². The van der Waals surface area contributed by atoms with Gasteiger partial charge in [-0.2, -0.15) is 9.13 Å². The second-order valence-electron chi connectivity index (χ2n) is 15.8.